The molecule has 1 saturated heterocycles. The molecule has 0 unspecified atom stereocenters. The van der Waals surface area contributed by atoms with Crippen LogP contribution in [0.3, 0.4) is 0 Å². The van der Waals surface area contributed by atoms with Gasteiger partial charge in [-0.3, -0.25) is 4.79 Å². The van der Waals surface area contributed by atoms with Crippen LogP contribution in [0.4, 0.5) is 0 Å². The molecule has 0 spiro atoms. The Hall–Kier alpha value is -1.59. The smallest absolute Gasteiger partial charge is 0.190 e. The number of ether oxygens (including phenoxy) is 3. The van der Waals surface area contributed by atoms with Crippen molar-refractivity contribution < 1.29 is 19.0 Å². The van der Waals surface area contributed by atoms with Crippen LogP contribution in [-0.2, 0) is 24.6 Å². The Kier molecular flexibility index (Phi) is 8.24. The first-order valence-electron chi connectivity index (χ1n) is 11.0. The van der Waals surface area contributed by atoms with E-state index in [-0.39, 0.29) is 12.4 Å². The highest BCUT2D eigenvalue weighted by Gasteiger charge is 2.45. The van der Waals surface area contributed by atoms with Gasteiger partial charge in [-0.05, 0) is 81.8 Å². The van der Waals surface area contributed by atoms with Crippen molar-refractivity contribution in [2.24, 2.45) is 0 Å². The SMILES string of the molecule is CC1(C)O[C@@H](C=C(I)I)[C@@H](C(=O)COC(c2ccccc2)(c2ccccc2)c2ccccc2)O1. The first-order chi connectivity index (χ1) is 16.3. The molecule has 176 valence electrons. The van der Waals surface area contributed by atoms with E-state index in [9.17, 15) is 4.79 Å². The minimum atomic E-state index is -0.961. The number of hydrogen-bond donors (Lipinski definition) is 0. The minimum Gasteiger partial charge on any atom is -0.353 e. The van der Waals surface area contributed by atoms with E-state index in [1.807, 2.05) is 111 Å². The molecule has 0 radical (unpaired) electrons. The topological polar surface area (TPSA) is 44.8 Å². The van der Waals surface area contributed by atoms with Crippen molar-refractivity contribution in [3.05, 3.63) is 115 Å². The summed E-state index contributed by atoms with van der Waals surface area (Å²) in [6.45, 7) is 3.51. The molecule has 4 rings (SSSR count). The lowest BCUT2D eigenvalue weighted by Gasteiger charge is -2.36. The number of Topliss-reactive ketones (excluding diaryl/α,β-unsaturated/α-hetero) is 1. The van der Waals surface area contributed by atoms with Crippen LogP contribution < -0.4 is 0 Å². The third-order valence-corrected chi connectivity index (χ3v) is 6.43. The maximum atomic E-state index is 13.5. The first-order valence-corrected chi connectivity index (χ1v) is 13.2. The average molecular weight is 680 g/mol. The van der Waals surface area contributed by atoms with E-state index in [1.54, 1.807) is 0 Å². The summed E-state index contributed by atoms with van der Waals surface area (Å²) in [5.41, 5.74) is 1.88. The molecule has 1 fully saturated rings. The average Bonchev–Trinajstić information content (AvgIpc) is 3.14. The van der Waals surface area contributed by atoms with Gasteiger partial charge in [-0.25, -0.2) is 0 Å². The van der Waals surface area contributed by atoms with Gasteiger partial charge in [0, 0.05) is 0 Å². The zero-order valence-corrected chi connectivity index (χ0v) is 23.3. The molecule has 2 atom stereocenters. The maximum Gasteiger partial charge on any atom is 0.190 e. The van der Waals surface area contributed by atoms with E-state index in [0.29, 0.717) is 0 Å². The fraction of sp³-hybridized carbons (Fsp3) is 0.250. The molecule has 1 aliphatic rings. The first kappa shape index (κ1) is 25.5. The highest BCUT2D eigenvalue weighted by Crippen LogP contribution is 2.41. The summed E-state index contributed by atoms with van der Waals surface area (Å²) < 4.78 is 19.7. The van der Waals surface area contributed by atoms with Gasteiger partial charge < -0.3 is 14.2 Å². The minimum absolute atomic E-state index is 0.134. The van der Waals surface area contributed by atoms with Gasteiger partial charge in [0.05, 0.1) is 1.59 Å². The normalized spacial score (nSPS) is 19.5. The van der Waals surface area contributed by atoms with Gasteiger partial charge in [0.1, 0.15) is 18.3 Å². The predicted octanol–water partition coefficient (Wildman–Crippen LogP) is 6.80. The zero-order chi connectivity index (χ0) is 24.2. The third-order valence-electron chi connectivity index (χ3n) is 5.71. The highest BCUT2D eigenvalue weighted by molar-refractivity contribution is 14.2. The number of benzene rings is 3. The largest absolute Gasteiger partial charge is 0.353 e. The van der Waals surface area contributed by atoms with E-state index in [4.69, 9.17) is 14.2 Å². The van der Waals surface area contributed by atoms with Crippen LogP contribution in [0.25, 0.3) is 0 Å². The van der Waals surface area contributed by atoms with Gasteiger partial charge in [-0.2, -0.15) is 0 Å². The van der Waals surface area contributed by atoms with E-state index in [2.05, 4.69) is 45.2 Å². The van der Waals surface area contributed by atoms with Crippen LogP contribution in [0.15, 0.2) is 98.7 Å². The standard InChI is InChI=1S/C28H26I2O4/c1-27(2)33-24(18-25(29)30)26(34-27)23(31)19-32-28(20-12-6-3-7-13-20,21-14-8-4-9-15-21)22-16-10-5-11-17-22/h3-18,24,26H,19H2,1-2H3/t24-,26+/m0/s1. The Morgan fingerprint density at radius 1 is 0.853 bits per heavy atom. The molecular weight excluding hydrogens is 654 g/mol. The monoisotopic (exact) mass is 680 g/mol. The van der Waals surface area contributed by atoms with Crippen molar-refractivity contribution in [2.75, 3.05) is 6.61 Å². The molecule has 1 heterocycles. The summed E-state index contributed by atoms with van der Waals surface area (Å²) in [6.07, 6.45) is 0.709. The van der Waals surface area contributed by atoms with Crippen molar-refractivity contribution >= 4 is 51.0 Å². The van der Waals surface area contributed by atoms with Crippen molar-refractivity contribution in [1.82, 2.24) is 0 Å². The van der Waals surface area contributed by atoms with Gasteiger partial charge in [-0.15, -0.1) is 0 Å². The van der Waals surface area contributed by atoms with Crippen LogP contribution in [-0.4, -0.2) is 30.4 Å². The number of rotatable bonds is 8. The molecule has 0 aliphatic carbocycles. The molecule has 4 nitrogen and oxygen atoms in total. The van der Waals surface area contributed by atoms with Gasteiger partial charge >= 0.3 is 0 Å². The van der Waals surface area contributed by atoms with Gasteiger partial charge in [0.25, 0.3) is 0 Å². The van der Waals surface area contributed by atoms with E-state index in [1.165, 1.54) is 0 Å². The van der Waals surface area contributed by atoms with Crippen molar-refractivity contribution in [2.45, 2.75) is 37.4 Å². The lowest BCUT2D eigenvalue weighted by atomic mass is 9.80. The second-order valence-corrected chi connectivity index (χ2v) is 12.9. The van der Waals surface area contributed by atoms with Gasteiger partial charge in [-0.1, -0.05) is 91.0 Å². The van der Waals surface area contributed by atoms with Crippen molar-refractivity contribution in [3.8, 4) is 0 Å². The molecule has 1 aliphatic heterocycles. The van der Waals surface area contributed by atoms with Crippen LogP contribution in [0.2, 0.25) is 0 Å². The molecule has 0 aromatic heterocycles. The Morgan fingerprint density at radius 2 is 1.29 bits per heavy atom. The Labute approximate surface area is 228 Å². The lowest BCUT2D eigenvalue weighted by molar-refractivity contribution is -0.157. The molecular formula is C28H26I2O4. The van der Waals surface area contributed by atoms with E-state index < -0.39 is 23.6 Å². The molecule has 34 heavy (non-hydrogen) atoms. The van der Waals surface area contributed by atoms with Gasteiger partial charge in [0.2, 0.25) is 0 Å². The quantitative estimate of drug-likeness (QED) is 0.194. The molecule has 3 aromatic carbocycles. The van der Waals surface area contributed by atoms with Crippen molar-refractivity contribution in [1.29, 1.82) is 0 Å². The van der Waals surface area contributed by atoms with Crippen LogP contribution in [0.5, 0.6) is 0 Å². The summed E-state index contributed by atoms with van der Waals surface area (Å²) in [4.78, 5) is 13.5. The third kappa shape index (κ3) is 5.62. The maximum absolute atomic E-state index is 13.5. The molecule has 0 amide bonds. The molecule has 0 saturated carbocycles. The summed E-state index contributed by atoms with van der Waals surface area (Å²) in [6, 6.07) is 30.1. The predicted molar refractivity (Wildman–Crippen MR) is 150 cm³/mol. The Balaban J connectivity index is 1.74. The zero-order valence-electron chi connectivity index (χ0n) is 19.0. The molecule has 0 N–H and O–H groups in total. The summed E-state index contributed by atoms with van der Waals surface area (Å²) in [5, 5.41) is 0. The van der Waals surface area contributed by atoms with Crippen LogP contribution in [0, 0.1) is 0 Å². The van der Waals surface area contributed by atoms with Crippen molar-refractivity contribution in [3.63, 3.8) is 0 Å². The van der Waals surface area contributed by atoms with Gasteiger partial charge in [0.15, 0.2) is 17.7 Å². The number of ketones is 1. The fourth-order valence-electron chi connectivity index (χ4n) is 4.31. The number of hydrogen-bond acceptors (Lipinski definition) is 4. The molecule has 6 heteroatoms. The fourth-order valence-corrected chi connectivity index (χ4v) is 5.02. The van der Waals surface area contributed by atoms with Crippen LogP contribution >= 0.6 is 45.2 Å². The molecule has 3 aromatic rings. The Morgan fingerprint density at radius 3 is 1.71 bits per heavy atom. The Bertz CT molecular complexity index is 1030. The van der Waals surface area contributed by atoms with Crippen LogP contribution in [0.1, 0.15) is 30.5 Å². The molecule has 0 bridgehead atoms. The summed E-state index contributed by atoms with van der Waals surface area (Å²) in [5.74, 6) is -1.01. The van der Waals surface area contributed by atoms with E-state index in [0.717, 1.165) is 18.3 Å². The second kappa shape index (κ2) is 11.0. The lowest BCUT2D eigenvalue weighted by Crippen LogP contribution is -2.39. The number of carbonyl (C=O) groups is 1. The van der Waals surface area contributed by atoms with E-state index >= 15 is 0 Å². The number of halogens is 2. The second-order valence-electron chi connectivity index (χ2n) is 8.51. The summed E-state index contributed by atoms with van der Waals surface area (Å²) >= 11 is 4.41. The highest BCUT2D eigenvalue weighted by atomic mass is 127. The number of carbonyl (C=O) groups excluding carboxylic acids is 1. The summed E-state index contributed by atoms with van der Waals surface area (Å²) in [7, 11) is 0.